The zero-order chi connectivity index (χ0) is 16.4. The number of carbonyl (C=O) groups is 2. The Morgan fingerprint density at radius 3 is 2.10 bits per heavy atom. The summed E-state index contributed by atoms with van der Waals surface area (Å²) in [5.74, 6) is -5.83. The van der Waals surface area contributed by atoms with Gasteiger partial charge < -0.3 is 16.0 Å². The summed E-state index contributed by atoms with van der Waals surface area (Å²) >= 11 is 0. The number of primary amides is 1. The zero-order valence-electron chi connectivity index (χ0n) is 10.6. The normalized spacial score (nSPS) is 23.4. The van der Waals surface area contributed by atoms with Crippen LogP contribution in [0.4, 0.5) is 26.3 Å². The molecule has 0 aromatic rings. The summed E-state index contributed by atoms with van der Waals surface area (Å²) in [6.07, 6.45) is -9.25. The summed E-state index contributed by atoms with van der Waals surface area (Å²) < 4.78 is 73.7. The Labute approximate surface area is 115 Å². The lowest BCUT2D eigenvalue weighted by molar-refractivity contribution is -0.182. The number of nitrogens with zero attached hydrogens (tertiary/aromatic N) is 1. The molecule has 1 aliphatic heterocycles. The minimum Gasteiger partial charge on any atom is -0.369 e. The number of carbonyl (C=O) groups excluding carboxylic acids is 2. The Kier molecular flexibility index (Phi) is 5.07. The molecule has 2 amide bonds. The fourth-order valence-electron chi connectivity index (χ4n) is 2.05. The molecule has 0 bridgehead atoms. The smallest absolute Gasteiger partial charge is 0.369 e. The van der Waals surface area contributed by atoms with E-state index in [4.69, 9.17) is 5.73 Å². The van der Waals surface area contributed by atoms with Gasteiger partial charge in [0.1, 0.15) is 0 Å². The van der Waals surface area contributed by atoms with Crippen molar-refractivity contribution in [1.82, 2.24) is 10.2 Å². The highest BCUT2D eigenvalue weighted by Crippen LogP contribution is 2.37. The average Bonchev–Trinajstić information content (AvgIpc) is 2.71. The number of hydrogen-bond acceptors (Lipinski definition) is 3. The molecule has 3 N–H and O–H groups in total. The predicted octanol–water partition coefficient (Wildman–Crippen LogP) is 0.260. The van der Waals surface area contributed by atoms with Gasteiger partial charge in [0.05, 0.1) is 24.9 Å². The third-order valence-electron chi connectivity index (χ3n) is 3.06. The Morgan fingerprint density at radius 2 is 1.71 bits per heavy atom. The summed E-state index contributed by atoms with van der Waals surface area (Å²) in [5.41, 5.74) is 4.86. The lowest BCUT2D eigenvalue weighted by atomic mass is 9.95. The van der Waals surface area contributed by atoms with E-state index >= 15 is 0 Å². The van der Waals surface area contributed by atoms with Crippen LogP contribution in [-0.4, -0.2) is 55.2 Å². The largest absolute Gasteiger partial charge is 0.401 e. The number of rotatable bonds is 4. The molecule has 2 atom stereocenters. The molecule has 1 rings (SSSR count). The lowest BCUT2D eigenvalue weighted by Gasteiger charge is -2.19. The molecule has 21 heavy (non-hydrogen) atoms. The standard InChI is InChI=1S/C10H13F6N3O2/c11-9(12,13)4-18-1-7(20)19-2-5(8(17)21)6(3-19)10(14,15)16/h5-6,18H,1-4H2,(H2,17,21)/t5-,6-/m1/s1. The van der Waals surface area contributed by atoms with Gasteiger partial charge in [0.25, 0.3) is 0 Å². The van der Waals surface area contributed by atoms with E-state index in [0.717, 1.165) is 0 Å². The van der Waals surface area contributed by atoms with Gasteiger partial charge in [-0.1, -0.05) is 0 Å². The molecule has 0 aromatic carbocycles. The molecule has 11 heteroatoms. The lowest BCUT2D eigenvalue weighted by Crippen LogP contribution is -2.40. The van der Waals surface area contributed by atoms with Crippen molar-refractivity contribution in [2.24, 2.45) is 17.6 Å². The molecule has 5 nitrogen and oxygen atoms in total. The first kappa shape index (κ1) is 17.5. The highest BCUT2D eigenvalue weighted by atomic mass is 19.4. The van der Waals surface area contributed by atoms with Crippen molar-refractivity contribution in [1.29, 1.82) is 0 Å². The van der Waals surface area contributed by atoms with E-state index < -0.39 is 62.2 Å². The van der Waals surface area contributed by atoms with Crippen LogP contribution in [-0.2, 0) is 9.59 Å². The van der Waals surface area contributed by atoms with E-state index in [2.05, 4.69) is 0 Å². The van der Waals surface area contributed by atoms with E-state index in [0.29, 0.717) is 4.90 Å². The maximum absolute atomic E-state index is 12.7. The highest BCUT2D eigenvalue weighted by Gasteiger charge is 2.52. The van der Waals surface area contributed by atoms with Gasteiger partial charge >= 0.3 is 12.4 Å². The van der Waals surface area contributed by atoms with Crippen LogP contribution in [0.3, 0.4) is 0 Å². The fraction of sp³-hybridized carbons (Fsp3) is 0.800. The highest BCUT2D eigenvalue weighted by molar-refractivity contribution is 5.82. The Hall–Kier alpha value is -1.52. The van der Waals surface area contributed by atoms with Gasteiger partial charge in [-0.15, -0.1) is 0 Å². The molecule has 0 aromatic heterocycles. The molecule has 1 saturated heterocycles. The van der Waals surface area contributed by atoms with Crippen LogP contribution in [0.15, 0.2) is 0 Å². The summed E-state index contributed by atoms with van der Waals surface area (Å²) in [6.45, 7) is -3.54. The van der Waals surface area contributed by atoms with Gasteiger partial charge in [-0.05, 0) is 0 Å². The number of hydrogen-bond donors (Lipinski definition) is 2. The second-order valence-electron chi connectivity index (χ2n) is 4.67. The van der Waals surface area contributed by atoms with Gasteiger partial charge in [-0.3, -0.25) is 9.59 Å². The molecule has 1 heterocycles. The van der Waals surface area contributed by atoms with Crippen molar-refractivity contribution >= 4 is 11.8 Å². The van der Waals surface area contributed by atoms with Crippen molar-refractivity contribution in [3.63, 3.8) is 0 Å². The fourth-order valence-corrected chi connectivity index (χ4v) is 2.05. The molecule has 0 unspecified atom stereocenters. The maximum Gasteiger partial charge on any atom is 0.401 e. The van der Waals surface area contributed by atoms with E-state index in [1.807, 2.05) is 0 Å². The summed E-state index contributed by atoms with van der Waals surface area (Å²) in [4.78, 5) is 23.2. The predicted molar refractivity (Wildman–Crippen MR) is 57.7 cm³/mol. The van der Waals surface area contributed by atoms with E-state index in [9.17, 15) is 35.9 Å². The number of likely N-dealkylation sites (tertiary alicyclic amines) is 1. The van der Waals surface area contributed by atoms with Crippen molar-refractivity contribution in [2.45, 2.75) is 12.4 Å². The Morgan fingerprint density at radius 1 is 1.14 bits per heavy atom. The quantitative estimate of drug-likeness (QED) is 0.730. The van der Waals surface area contributed by atoms with Gasteiger partial charge in [-0.25, -0.2) is 0 Å². The number of amides is 2. The summed E-state index contributed by atoms with van der Waals surface area (Å²) in [7, 11) is 0. The molecule has 0 aliphatic carbocycles. The van der Waals surface area contributed by atoms with Crippen LogP contribution in [0.1, 0.15) is 0 Å². The number of nitrogens with two attached hydrogens (primary N) is 1. The number of halogens is 6. The first-order valence-corrected chi connectivity index (χ1v) is 5.83. The van der Waals surface area contributed by atoms with Gasteiger partial charge in [0.15, 0.2) is 0 Å². The van der Waals surface area contributed by atoms with Gasteiger partial charge in [0.2, 0.25) is 11.8 Å². The average molecular weight is 321 g/mol. The van der Waals surface area contributed by atoms with E-state index in [-0.39, 0.29) is 0 Å². The molecular weight excluding hydrogens is 308 g/mol. The molecule has 0 radical (unpaired) electrons. The van der Waals surface area contributed by atoms with Crippen LogP contribution >= 0.6 is 0 Å². The summed E-state index contributed by atoms with van der Waals surface area (Å²) in [5, 5.41) is 1.79. The van der Waals surface area contributed by atoms with Crippen LogP contribution in [0.25, 0.3) is 0 Å². The minimum absolute atomic E-state index is 0.550. The van der Waals surface area contributed by atoms with Crippen LogP contribution in [0, 0.1) is 11.8 Å². The van der Waals surface area contributed by atoms with Gasteiger partial charge in [0, 0.05) is 13.1 Å². The van der Waals surface area contributed by atoms with Crippen LogP contribution in [0.5, 0.6) is 0 Å². The van der Waals surface area contributed by atoms with Crippen molar-refractivity contribution in [3.05, 3.63) is 0 Å². The molecule has 122 valence electrons. The molecule has 0 spiro atoms. The maximum atomic E-state index is 12.7. The molecular formula is C10H13F6N3O2. The topological polar surface area (TPSA) is 75.4 Å². The van der Waals surface area contributed by atoms with Crippen LogP contribution < -0.4 is 11.1 Å². The minimum atomic E-state index is -4.71. The van der Waals surface area contributed by atoms with Crippen molar-refractivity contribution < 1.29 is 35.9 Å². The number of nitrogens with one attached hydrogen (secondary N) is 1. The van der Waals surface area contributed by atoms with Crippen LogP contribution in [0.2, 0.25) is 0 Å². The molecule has 1 aliphatic rings. The Balaban J connectivity index is 2.61. The zero-order valence-corrected chi connectivity index (χ0v) is 10.6. The van der Waals surface area contributed by atoms with E-state index in [1.165, 1.54) is 0 Å². The van der Waals surface area contributed by atoms with E-state index in [1.54, 1.807) is 5.32 Å². The molecule has 1 fully saturated rings. The van der Waals surface area contributed by atoms with Crippen molar-refractivity contribution in [2.75, 3.05) is 26.2 Å². The first-order valence-electron chi connectivity index (χ1n) is 5.83. The SMILES string of the molecule is NC(=O)[C@@H]1CN(C(=O)CNCC(F)(F)F)C[C@H]1C(F)(F)F. The first-order chi connectivity index (χ1) is 9.42. The molecule has 0 saturated carbocycles. The van der Waals surface area contributed by atoms with Gasteiger partial charge in [-0.2, -0.15) is 26.3 Å². The third kappa shape index (κ3) is 5.06. The van der Waals surface area contributed by atoms with Crippen molar-refractivity contribution in [3.8, 4) is 0 Å². The monoisotopic (exact) mass is 321 g/mol. The summed E-state index contributed by atoms with van der Waals surface area (Å²) in [6, 6.07) is 0. The number of alkyl halides is 6. The second-order valence-corrected chi connectivity index (χ2v) is 4.67. The Bertz CT molecular complexity index is 409. The second kappa shape index (κ2) is 6.08. The third-order valence-corrected chi connectivity index (χ3v) is 3.06.